The molecule has 0 fully saturated rings. The molecule has 0 spiro atoms. The van der Waals surface area contributed by atoms with Gasteiger partial charge in [-0.05, 0) is 37.1 Å². The van der Waals surface area contributed by atoms with Gasteiger partial charge in [0.25, 0.3) is 5.91 Å². The fourth-order valence-corrected chi connectivity index (χ4v) is 4.58. The van der Waals surface area contributed by atoms with Crippen molar-refractivity contribution >= 4 is 27.2 Å². The predicted molar refractivity (Wildman–Crippen MR) is 119 cm³/mol. The van der Waals surface area contributed by atoms with E-state index < -0.39 is 15.6 Å². The van der Waals surface area contributed by atoms with E-state index in [9.17, 15) is 13.8 Å². The molecule has 0 saturated heterocycles. The van der Waals surface area contributed by atoms with Crippen LogP contribution in [0, 0.1) is 11.8 Å². The lowest BCUT2D eigenvalue weighted by Gasteiger charge is -2.08. The second kappa shape index (κ2) is 12.0. The Morgan fingerprint density at radius 3 is 2.39 bits per heavy atom. The van der Waals surface area contributed by atoms with Crippen LogP contribution in [-0.2, 0) is 14.5 Å². The van der Waals surface area contributed by atoms with Gasteiger partial charge in [-0.1, -0.05) is 17.9 Å². The zero-order valence-electron chi connectivity index (χ0n) is 17.2. The third-order valence-electron chi connectivity index (χ3n) is 4.01. The number of carbonyl (C=O) groups is 2. The summed E-state index contributed by atoms with van der Waals surface area (Å²) in [6.07, 6.45) is 3.33. The highest BCUT2D eigenvalue weighted by Gasteiger charge is 2.14. The van der Waals surface area contributed by atoms with Crippen LogP contribution in [0.5, 0.6) is 0 Å². The molecule has 0 aliphatic rings. The Balaban J connectivity index is 2.25. The van der Waals surface area contributed by atoms with Gasteiger partial charge >= 0.3 is 0 Å². The monoisotopic (exact) mass is 443 g/mol. The molecule has 31 heavy (non-hydrogen) atoms. The smallest absolute Gasteiger partial charge is 0.286 e. The molecule has 2 rings (SSSR count). The molecule has 9 heteroatoms. The second-order valence-electron chi connectivity index (χ2n) is 6.71. The van der Waals surface area contributed by atoms with Crippen LogP contribution in [0.4, 0.5) is 5.69 Å². The van der Waals surface area contributed by atoms with E-state index in [0.29, 0.717) is 16.8 Å². The molecule has 0 aliphatic carbocycles. The summed E-state index contributed by atoms with van der Waals surface area (Å²) >= 11 is 0. The van der Waals surface area contributed by atoms with Gasteiger partial charge in [0, 0.05) is 60.9 Å². The summed E-state index contributed by atoms with van der Waals surface area (Å²) in [6, 6.07) is 8.54. The first kappa shape index (κ1) is 24.2. The standard InChI is InChI=1S/C22H25N3O5S/c1-17(28)24-21-6-2-5-18(14-21)7-8-19-13-20(16-23-15-19)22(29)25-31(30,11-3-9-26)12-4-10-27/h2,5-6,13-16,26-27H,3-4,9-12H2,1H3,(H,24,28). The maximum atomic E-state index is 12.9. The molecule has 0 aliphatic heterocycles. The highest BCUT2D eigenvalue weighted by Crippen LogP contribution is 2.11. The molecule has 0 unspecified atom stereocenters. The van der Waals surface area contributed by atoms with Gasteiger partial charge in [0.1, 0.15) is 0 Å². The minimum atomic E-state index is -2.89. The zero-order chi connectivity index (χ0) is 22.7. The highest BCUT2D eigenvalue weighted by atomic mass is 32.2. The summed E-state index contributed by atoms with van der Waals surface area (Å²) in [6.45, 7) is 1.11. The van der Waals surface area contributed by atoms with Gasteiger partial charge < -0.3 is 15.5 Å². The van der Waals surface area contributed by atoms with E-state index in [-0.39, 0.29) is 49.0 Å². The van der Waals surface area contributed by atoms with Gasteiger partial charge in [0.2, 0.25) is 5.91 Å². The van der Waals surface area contributed by atoms with E-state index in [1.54, 1.807) is 24.3 Å². The predicted octanol–water partition coefficient (Wildman–Crippen LogP) is 1.81. The molecule has 2 amide bonds. The second-order valence-corrected chi connectivity index (χ2v) is 9.25. The van der Waals surface area contributed by atoms with E-state index >= 15 is 0 Å². The van der Waals surface area contributed by atoms with Crippen LogP contribution in [0.1, 0.15) is 41.3 Å². The van der Waals surface area contributed by atoms with Crippen molar-refractivity contribution in [3.63, 3.8) is 0 Å². The Morgan fingerprint density at radius 1 is 1.06 bits per heavy atom. The van der Waals surface area contributed by atoms with Crippen molar-refractivity contribution in [3.05, 3.63) is 59.4 Å². The number of aliphatic hydroxyl groups excluding tert-OH is 2. The first-order chi connectivity index (χ1) is 14.8. The molecular formula is C22H25N3O5S. The van der Waals surface area contributed by atoms with Crippen molar-refractivity contribution in [1.82, 2.24) is 4.98 Å². The number of rotatable bonds is 8. The number of carbonyl (C=O) groups excluding carboxylic acids is 2. The molecule has 0 atom stereocenters. The van der Waals surface area contributed by atoms with Crippen LogP contribution < -0.4 is 5.32 Å². The minimum Gasteiger partial charge on any atom is -0.396 e. The van der Waals surface area contributed by atoms with Crippen molar-refractivity contribution in [1.29, 1.82) is 0 Å². The largest absolute Gasteiger partial charge is 0.396 e. The number of pyridine rings is 1. The Bertz CT molecular complexity index is 1100. The maximum Gasteiger partial charge on any atom is 0.286 e. The van der Waals surface area contributed by atoms with E-state index in [1.165, 1.54) is 25.4 Å². The summed E-state index contributed by atoms with van der Waals surface area (Å²) in [4.78, 5) is 27.8. The Morgan fingerprint density at radius 2 is 1.74 bits per heavy atom. The number of benzene rings is 1. The molecule has 1 heterocycles. The molecule has 0 saturated carbocycles. The average Bonchev–Trinajstić information content (AvgIpc) is 2.75. The van der Waals surface area contributed by atoms with Gasteiger partial charge in [-0.2, -0.15) is 4.36 Å². The number of aromatic nitrogens is 1. The number of anilines is 1. The third kappa shape index (κ3) is 8.30. The summed E-state index contributed by atoms with van der Waals surface area (Å²) in [5.74, 6) is 5.16. The summed E-state index contributed by atoms with van der Waals surface area (Å²) in [7, 11) is -2.89. The average molecular weight is 444 g/mol. The molecule has 164 valence electrons. The van der Waals surface area contributed by atoms with E-state index in [0.717, 1.165) is 0 Å². The van der Waals surface area contributed by atoms with Crippen LogP contribution in [-0.4, -0.2) is 55.9 Å². The third-order valence-corrected chi connectivity index (χ3v) is 6.36. The molecule has 2 aromatic rings. The summed E-state index contributed by atoms with van der Waals surface area (Å²) in [5.41, 5.74) is 1.92. The number of nitrogens with zero attached hydrogens (tertiary/aromatic N) is 2. The van der Waals surface area contributed by atoms with Crippen molar-refractivity contribution in [2.75, 3.05) is 30.0 Å². The quantitative estimate of drug-likeness (QED) is 0.534. The minimum absolute atomic E-state index is 0.0762. The Hall–Kier alpha value is -3.06. The van der Waals surface area contributed by atoms with Crippen molar-refractivity contribution in [3.8, 4) is 11.8 Å². The van der Waals surface area contributed by atoms with Crippen LogP contribution in [0.2, 0.25) is 0 Å². The number of hydrogen-bond donors (Lipinski definition) is 3. The maximum absolute atomic E-state index is 12.9. The topological polar surface area (TPSA) is 129 Å². The molecule has 8 nitrogen and oxygen atoms in total. The van der Waals surface area contributed by atoms with E-state index in [4.69, 9.17) is 10.2 Å². The van der Waals surface area contributed by atoms with Gasteiger partial charge in [-0.3, -0.25) is 14.6 Å². The molecule has 1 aromatic carbocycles. The van der Waals surface area contributed by atoms with Gasteiger partial charge in [0.05, 0.1) is 15.3 Å². The Labute approximate surface area is 181 Å². The van der Waals surface area contributed by atoms with Crippen LogP contribution in [0.3, 0.4) is 0 Å². The van der Waals surface area contributed by atoms with Crippen LogP contribution >= 0.6 is 0 Å². The van der Waals surface area contributed by atoms with Gasteiger partial charge in [-0.25, -0.2) is 4.21 Å². The molecule has 3 N–H and O–H groups in total. The fraction of sp³-hybridized carbons (Fsp3) is 0.318. The summed E-state index contributed by atoms with van der Waals surface area (Å²) in [5, 5.41) is 20.7. The number of amides is 2. The van der Waals surface area contributed by atoms with Gasteiger partial charge in [0.15, 0.2) is 0 Å². The first-order valence-corrected chi connectivity index (χ1v) is 11.5. The lowest BCUT2D eigenvalue weighted by molar-refractivity contribution is -0.114. The van der Waals surface area contributed by atoms with Crippen LogP contribution in [0.15, 0.2) is 47.1 Å². The molecule has 0 bridgehead atoms. The first-order valence-electron chi connectivity index (χ1n) is 9.68. The Kier molecular flexibility index (Phi) is 9.34. The van der Waals surface area contributed by atoms with Crippen molar-refractivity contribution < 1.29 is 24.0 Å². The SMILES string of the molecule is CC(=O)Nc1cccc(C#Cc2cncc(C(=O)N=S(=O)(CCCO)CCCO)c2)c1. The molecule has 1 aromatic heterocycles. The van der Waals surface area contributed by atoms with Crippen molar-refractivity contribution in [2.45, 2.75) is 19.8 Å². The lowest BCUT2D eigenvalue weighted by Crippen LogP contribution is -2.15. The highest BCUT2D eigenvalue weighted by molar-refractivity contribution is 7.93. The number of aliphatic hydroxyl groups is 2. The zero-order valence-corrected chi connectivity index (χ0v) is 18.0. The summed E-state index contributed by atoms with van der Waals surface area (Å²) < 4.78 is 16.8. The van der Waals surface area contributed by atoms with Crippen LogP contribution in [0.25, 0.3) is 0 Å². The normalized spacial score (nSPS) is 10.7. The lowest BCUT2D eigenvalue weighted by atomic mass is 10.1. The molecule has 0 radical (unpaired) electrons. The van der Waals surface area contributed by atoms with E-state index in [2.05, 4.69) is 26.5 Å². The number of hydrogen-bond acceptors (Lipinski definition) is 6. The van der Waals surface area contributed by atoms with E-state index in [1.807, 2.05) is 0 Å². The van der Waals surface area contributed by atoms with Crippen molar-refractivity contribution in [2.24, 2.45) is 4.36 Å². The molecular weight excluding hydrogens is 418 g/mol. The van der Waals surface area contributed by atoms with Gasteiger partial charge in [-0.15, -0.1) is 0 Å². The fourth-order valence-electron chi connectivity index (χ4n) is 2.62. The number of nitrogens with one attached hydrogen (secondary N) is 1.